The molecule has 1 heterocycles. The largest absolute Gasteiger partial charge is 0.491 e. The van der Waals surface area contributed by atoms with Crippen molar-refractivity contribution in [1.29, 1.82) is 0 Å². The molecule has 1 aliphatic rings. The number of carbonyl (C=O) groups is 2. The fourth-order valence-electron chi connectivity index (χ4n) is 2.62. The molecule has 0 saturated carbocycles. The number of carboxylic acids is 1. The molecular weight excluding hydrogens is 350 g/mol. The fourth-order valence-corrected chi connectivity index (χ4v) is 3.10. The molecule has 1 amide bonds. The first-order chi connectivity index (χ1) is 10.4. The van der Waals surface area contributed by atoms with E-state index in [1.807, 2.05) is 13.8 Å². The maximum Gasteiger partial charge on any atom is 0.326 e. The number of aliphatic carboxylic acids is 1. The van der Waals surface area contributed by atoms with E-state index in [9.17, 15) is 14.7 Å². The molecule has 1 aliphatic heterocycles. The molecule has 120 valence electrons. The van der Waals surface area contributed by atoms with Crippen molar-refractivity contribution < 1.29 is 19.4 Å². The molecule has 1 atom stereocenters. The lowest BCUT2D eigenvalue weighted by atomic mass is 10.0. The number of hydrogen-bond donors (Lipinski definition) is 1. The van der Waals surface area contributed by atoms with Gasteiger partial charge in [0.1, 0.15) is 11.8 Å². The van der Waals surface area contributed by atoms with Crippen LogP contribution in [0.5, 0.6) is 5.75 Å². The summed E-state index contributed by atoms with van der Waals surface area (Å²) in [5, 5.41) is 9.30. The normalized spacial score (nSPS) is 18.4. The van der Waals surface area contributed by atoms with E-state index in [1.165, 1.54) is 4.90 Å². The predicted molar refractivity (Wildman–Crippen MR) is 86.2 cm³/mol. The van der Waals surface area contributed by atoms with E-state index in [-0.39, 0.29) is 12.0 Å². The molecule has 1 N–H and O–H groups in total. The molecule has 0 spiro atoms. The summed E-state index contributed by atoms with van der Waals surface area (Å²) < 4.78 is 6.36. The van der Waals surface area contributed by atoms with Gasteiger partial charge in [0, 0.05) is 16.6 Å². The van der Waals surface area contributed by atoms with E-state index in [1.54, 1.807) is 18.2 Å². The Morgan fingerprint density at radius 2 is 2.05 bits per heavy atom. The molecule has 6 heteroatoms. The van der Waals surface area contributed by atoms with E-state index >= 15 is 0 Å². The number of benzene rings is 1. The fraction of sp³-hybridized carbons (Fsp3) is 0.500. The summed E-state index contributed by atoms with van der Waals surface area (Å²) in [5.41, 5.74) is 0.443. The average molecular weight is 370 g/mol. The van der Waals surface area contributed by atoms with Crippen molar-refractivity contribution in [3.05, 3.63) is 28.2 Å². The van der Waals surface area contributed by atoms with Crippen molar-refractivity contribution in [3.63, 3.8) is 0 Å². The Balaban J connectivity index is 2.27. The van der Waals surface area contributed by atoms with Crippen LogP contribution in [-0.4, -0.2) is 40.6 Å². The second-order valence-electron chi connectivity index (χ2n) is 5.69. The number of hydrogen-bond acceptors (Lipinski definition) is 3. The summed E-state index contributed by atoms with van der Waals surface area (Å²) in [6.45, 7) is 4.30. The third-order valence-corrected chi connectivity index (χ3v) is 4.00. The Hall–Kier alpha value is -1.56. The first kappa shape index (κ1) is 16.8. The number of carboxylic acid groups (broad SMARTS) is 1. The minimum atomic E-state index is -0.943. The second kappa shape index (κ2) is 7.13. The van der Waals surface area contributed by atoms with Gasteiger partial charge < -0.3 is 14.7 Å². The molecule has 22 heavy (non-hydrogen) atoms. The van der Waals surface area contributed by atoms with E-state index in [0.29, 0.717) is 24.3 Å². The summed E-state index contributed by atoms with van der Waals surface area (Å²) in [6, 6.07) is 4.42. The highest BCUT2D eigenvalue weighted by Crippen LogP contribution is 2.26. The van der Waals surface area contributed by atoms with Crippen LogP contribution >= 0.6 is 15.9 Å². The Bertz CT molecular complexity index is 573. The Kier molecular flexibility index (Phi) is 5.45. The summed E-state index contributed by atoms with van der Waals surface area (Å²) in [6.07, 6.45) is 2.17. The molecule has 1 saturated heterocycles. The van der Waals surface area contributed by atoms with Crippen molar-refractivity contribution in [2.45, 2.75) is 45.3 Å². The van der Waals surface area contributed by atoms with E-state index in [4.69, 9.17) is 4.74 Å². The maximum absolute atomic E-state index is 12.7. The van der Waals surface area contributed by atoms with Crippen LogP contribution in [0.25, 0.3) is 0 Å². The van der Waals surface area contributed by atoms with Gasteiger partial charge in [-0.3, -0.25) is 4.79 Å². The standard InChI is InChI=1S/C16H20BrNO4/c1-10(2)22-13-8-11(7-12(17)9-13)15(19)18-6-4-3-5-14(18)16(20)21/h7-10,14H,3-6H2,1-2H3,(H,20,21)/t14-/m1/s1. The van der Waals surface area contributed by atoms with Crippen LogP contribution in [0, 0.1) is 0 Å². The number of likely N-dealkylation sites (tertiary alicyclic amines) is 1. The minimum Gasteiger partial charge on any atom is -0.491 e. The third-order valence-electron chi connectivity index (χ3n) is 3.54. The highest BCUT2D eigenvalue weighted by molar-refractivity contribution is 9.10. The number of halogens is 1. The minimum absolute atomic E-state index is 0.000920. The zero-order valence-corrected chi connectivity index (χ0v) is 14.3. The molecule has 5 nitrogen and oxygen atoms in total. The summed E-state index contributed by atoms with van der Waals surface area (Å²) in [4.78, 5) is 25.5. The third kappa shape index (κ3) is 4.00. The molecule has 1 fully saturated rings. The number of ether oxygens (including phenoxy) is 1. The zero-order valence-electron chi connectivity index (χ0n) is 12.7. The van der Waals surface area contributed by atoms with Gasteiger partial charge in [-0.15, -0.1) is 0 Å². The predicted octanol–water partition coefficient (Wildman–Crippen LogP) is 3.32. The SMILES string of the molecule is CC(C)Oc1cc(Br)cc(C(=O)N2CCCC[C@@H]2C(=O)O)c1. The van der Waals surface area contributed by atoms with Crippen molar-refractivity contribution in [2.75, 3.05) is 6.54 Å². The van der Waals surface area contributed by atoms with Crippen molar-refractivity contribution in [1.82, 2.24) is 4.90 Å². The molecule has 0 bridgehead atoms. The molecule has 2 rings (SSSR count). The van der Waals surface area contributed by atoms with Crippen molar-refractivity contribution >= 4 is 27.8 Å². The van der Waals surface area contributed by atoms with Gasteiger partial charge >= 0.3 is 5.97 Å². The highest BCUT2D eigenvalue weighted by atomic mass is 79.9. The number of amides is 1. The van der Waals surface area contributed by atoms with E-state index in [0.717, 1.165) is 17.3 Å². The lowest BCUT2D eigenvalue weighted by molar-refractivity contribution is -0.143. The molecule has 0 unspecified atom stereocenters. The van der Waals surface area contributed by atoms with Crippen LogP contribution in [0.2, 0.25) is 0 Å². The Morgan fingerprint density at radius 3 is 2.68 bits per heavy atom. The van der Waals surface area contributed by atoms with Crippen LogP contribution in [0.3, 0.4) is 0 Å². The quantitative estimate of drug-likeness (QED) is 0.883. The van der Waals surface area contributed by atoms with Gasteiger partial charge in [0.25, 0.3) is 5.91 Å². The molecular formula is C16H20BrNO4. The monoisotopic (exact) mass is 369 g/mol. The maximum atomic E-state index is 12.7. The number of rotatable bonds is 4. The Morgan fingerprint density at radius 1 is 1.32 bits per heavy atom. The summed E-state index contributed by atoms with van der Waals surface area (Å²) in [5.74, 6) is -0.611. The lowest BCUT2D eigenvalue weighted by Crippen LogP contribution is -2.48. The van der Waals surface area contributed by atoms with Gasteiger partial charge in [-0.05, 0) is 51.3 Å². The van der Waals surface area contributed by atoms with Gasteiger partial charge in [-0.1, -0.05) is 15.9 Å². The lowest BCUT2D eigenvalue weighted by Gasteiger charge is -2.33. The molecule has 0 aromatic heterocycles. The van der Waals surface area contributed by atoms with Gasteiger partial charge in [-0.2, -0.15) is 0 Å². The van der Waals surface area contributed by atoms with Crippen molar-refractivity contribution in [2.24, 2.45) is 0 Å². The molecule has 1 aromatic carbocycles. The van der Waals surface area contributed by atoms with E-state index in [2.05, 4.69) is 15.9 Å². The molecule has 1 aromatic rings. The van der Waals surface area contributed by atoms with Crippen LogP contribution in [0.1, 0.15) is 43.5 Å². The first-order valence-corrected chi connectivity index (χ1v) is 8.19. The van der Waals surface area contributed by atoms with Gasteiger partial charge in [0.15, 0.2) is 0 Å². The first-order valence-electron chi connectivity index (χ1n) is 7.39. The number of nitrogens with zero attached hydrogens (tertiary/aromatic N) is 1. The average Bonchev–Trinajstić information content (AvgIpc) is 2.45. The number of piperidine rings is 1. The number of carbonyl (C=O) groups excluding carboxylic acids is 1. The molecule has 0 aliphatic carbocycles. The topological polar surface area (TPSA) is 66.8 Å². The highest BCUT2D eigenvalue weighted by Gasteiger charge is 2.32. The Labute approximate surface area is 138 Å². The van der Waals surface area contributed by atoms with Gasteiger partial charge in [0.2, 0.25) is 0 Å². The van der Waals surface area contributed by atoms with Crippen LogP contribution in [0.15, 0.2) is 22.7 Å². The van der Waals surface area contributed by atoms with Crippen molar-refractivity contribution in [3.8, 4) is 5.75 Å². The summed E-state index contributed by atoms with van der Waals surface area (Å²) in [7, 11) is 0. The molecule has 0 radical (unpaired) electrons. The van der Waals surface area contributed by atoms with Gasteiger partial charge in [-0.25, -0.2) is 4.79 Å². The zero-order chi connectivity index (χ0) is 16.3. The summed E-state index contributed by atoms with van der Waals surface area (Å²) >= 11 is 3.37. The van der Waals surface area contributed by atoms with E-state index < -0.39 is 12.0 Å². The second-order valence-corrected chi connectivity index (χ2v) is 6.61. The van der Waals surface area contributed by atoms with Crippen LogP contribution in [0.4, 0.5) is 0 Å². The van der Waals surface area contributed by atoms with Crippen LogP contribution < -0.4 is 4.74 Å². The smallest absolute Gasteiger partial charge is 0.326 e. The van der Waals surface area contributed by atoms with Gasteiger partial charge in [0.05, 0.1) is 6.10 Å². The van der Waals surface area contributed by atoms with Crippen LogP contribution in [-0.2, 0) is 4.79 Å².